The quantitative estimate of drug-likeness (QED) is 0.884. The third kappa shape index (κ3) is 3.92. The Labute approximate surface area is 126 Å². The summed E-state index contributed by atoms with van der Waals surface area (Å²) in [5.41, 5.74) is 2.33. The highest BCUT2D eigenvalue weighted by atomic mass is 16.5. The molecule has 1 N–H and O–H groups in total. The van der Waals surface area contributed by atoms with Gasteiger partial charge in [-0.2, -0.15) is 0 Å². The molecule has 0 atom stereocenters. The zero-order chi connectivity index (χ0) is 15.2. The Morgan fingerprint density at radius 3 is 2.52 bits per heavy atom. The Hall–Kier alpha value is -2.14. The first-order valence-electron chi connectivity index (χ1n) is 7.08. The Morgan fingerprint density at radius 1 is 1.19 bits per heavy atom. The molecule has 0 aliphatic carbocycles. The van der Waals surface area contributed by atoms with E-state index in [0.717, 1.165) is 17.3 Å². The van der Waals surface area contributed by atoms with E-state index in [9.17, 15) is 0 Å². The van der Waals surface area contributed by atoms with Gasteiger partial charge in [-0.25, -0.2) is 9.97 Å². The van der Waals surface area contributed by atoms with Crippen molar-refractivity contribution in [3.63, 3.8) is 0 Å². The van der Waals surface area contributed by atoms with Crippen molar-refractivity contribution < 1.29 is 4.74 Å². The summed E-state index contributed by atoms with van der Waals surface area (Å²) in [6.07, 6.45) is 0. The van der Waals surface area contributed by atoms with Crippen molar-refractivity contribution in [2.75, 3.05) is 30.9 Å². The fraction of sp³-hybridized carbons (Fsp3) is 0.375. The minimum Gasteiger partial charge on any atom is -0.374 e. The molecule has 21 heavy (non-hydrogen) atoms. The van der Waals surface area contributed by atoms with Crippen LogP contribution in [-0.2, 0) is 11.3 Å². The largest absolute Gasteiger partial charge is 0.374 e. The second kappa shape index (κ2) is 7.04. The highest BCUT2D eigenvalue weighted by molar-refractivity contribution is 5.61. The van der Waals surface area contributed by atoms with Crippen molar-refractivity contribution in [2.24, 2.45) is 0 Å². The topological polar surface area (TPSA) is 50.3 Å². The number of hydrogen-bond donors (Lipinski definition) is 1. The van der Waals surface area contributed by atoms with Gasteiger partial charge < -0.3 is 15.0 Å². The molecule has 0 fully saturated rings. The van der Waals surface area contributed by atoms with Gasteiger partial charge in [0.05, 0.1) is 0 Å². The van der Waals surface area contributed by atoms with Crippen LogP contribution >= 0.6 is 0 Å². The summed E-state index contributed by atoms with van der Waals surface area (Å²) in [6, 6.07) is 10.3. The number of ether oxygens (including phenoxy) is 1. The van der Waals surface area contributed by atoms with Crippen LogP contribution in [0.2, 0.25) is 0 Å². The average molecular weight is 286 g/mol. The maximum Gasteiger partial charge on any atom is 0.158 e. The molecule has 5 nitrogen and oxygen atoms in total. The van der Waals surface area contributed by atoms with Gasteiger partial charge in [0, 0.05) is 32.5 Å². The number of anilines is 3. The van der Waals surface area contributed by atoms with Crippen LogP contribution in [0.25, 0.3) is 0 Å². The van der Waals surface area contributed by atoms with Gasteiger partial charge in [-0.1, -0.05) is 17.7 Å². The molecule has 5 heteroatoms. The van der Waals surface area contributed by atoms with Gasteiger partial charge in [0.2, 0.25) is 0 Å². The summed E-state index contributed by atoms with van der Waals surface area (Å²) >= 11 is 0. The van der Waals surface area contributed by atoms with Crippen molar-refractivity contribution in [3.05, 3.63) is 41.7 Å². The van der Waals surface area contributed by atoms with Crippen molar-refractivity contribution in [1.82, 2.24) is 9.97 Å². The Morgan fingerprint density at radius 2 is 1.90 bits per heavy atom. The van der Waals surface area contributed by atoms with E-state index in [4.69, 9.17) is 4.74 Å². The normalized spacial score (nSPS) is 10.5. The minimum absolute atomic E-state index is 0.417. The van der Waals surface area contributed by atoms with Crippen LogP contribution in [0.3, 0.4) is 0 Å². The van der Waals surface area contributed by atoms with Gasteiger partial charge in [0.15, 0.2) is 5.82 Å². The van der Waals surface area contributed by atoms with Gasteiger partial charge >= 0.3 is 0 Å². The molecule has 2 rings (SSSR count). The van der Waals surface area contributed by atoms with Gasteiger partial charge in [-0.3, -0.25) is 0 Å². The second-order valence-electron chi connectivity index (χ2n) is 4.81. The number of nitrogens with one attached hydrogen (secondary N) is 1. The number of benzene rings is 1. The predicted octanol–water partition coefficient (Wildman–Crippen LogP) is 3.13. The summed E-state index contributed by atoms with van der Waals surface area (Å²) < 4.78 is 5.40. The van der Waals surface area contributed by atoms with Crippen LogP contribution in [0.5, 0.6) is 0 Å². The first-order valence-corrected chi connectivity index (χ1v) is 7.08. The van der Waals surface area contributed by atoms with Crippen LogP contribution in [0.1, 0.15) is 18.3 Å². The lowest BCUT2D eigenvalue weighted by Crippen LogP contribution is -2.14. The molecule has 112 valence electrons. The van der Waals surface area contributed by atoms with Gasteiger partial charge in [-0.15, -0.1) is 0 Å². The fourth-order valence-electron chi connectivity index (χ4n) is 1.94. The summed E-state index contributed by atoms with van der Waals surface area (Å²) in [7, 11) is 3.85. The summed E-state index contributed by atoms with van der Waals surface area (Å²) in [4.78, 5) is 11.0. The number of aromatic nitrogens is 2. The summed E-state index contributed by atoms with van der Waals surface area (Å²) in [6.45, 7) is 5.10. The monoisotopic (exact) mass is 286 g/mol. The lowest BCUT2D eigenvalue weighted by molar-refractivity contribution is 0.128. The molecular weight excluding hydrogens is 264 g/mol. The maximum absolute atomic E-state index is 5.40. The minimum atomic E-state index is 0.417. The molecule has 0 radical (unpaired) electrons. The van der Waals surface area contributed by atoms with Crippen molar-refractivity contribution in [2.45, 2.75) is 20.5 Å². The highest BCUT2D eigenvalue weighted by Gasteiger charge is 2.09. The standard InChI is InChI=1S/C16H22N4O/c1-5-21-11-15-18-14(17-3)10-16(19-15)20(4)13-8-6-12(2)7-9-13/h6-10H,5,11H2,1-4H3,(H,17,18,19). The predicted molar refractivity (Wildman–Crippen MR) is 86.2 cm³/mol. The van der Waals surface area contributed by atoms with E-state index >= 15 is 0 Å². The zero-order valence-electron chi connectivity index (χ0n) is 13.1. The van der Waals surface area contributed by atoms with Gasteiger partial charge in [0.25, 0.3) is 0 Å². The number of nitrogens with zero attached hydrogens (tertiary/aromatic N) is 3. The molecule has 0 spiro atoms. The molecule has 0 aliphatic rings. The molecule has 0 unspecified atom stereocenters. The number of rotatable bonds is 6. The van der Waals surface area contributed by atoms with Crippen LogP contribution in [0.15, 0.2) is 30.3 Å². The van der Waals surface area contributed by atoms with E-state index in [2.05, 4.69) is 46.5 Å². The zero-order valence-corrected chi connectivity index (χ0v) is 13.1. The smallest absolute Gasteiger partial charge is 0.158 e. The Kier molecular flexibility index (Phi) is 5.11. The van der Waals surface area contributed by atoms with Gasteiger partial charge in [0.1, 0.15) is 18.2 Å². The van der Waals surface area contributed by atoms with E-state index in [1.165, 1.54) is 5.56 Å². The van der Waals surface area contributed by atoms with E-state index < -0.39 is 0 Å². The molecule has 1 heterocycles. The molecule has 1 aromatic heterocycles. The van der Waals surface area contributed by atoms with Crippen LogP contribution < -0.4 is 10.2 Å². The highest BCUT2D eigenvalue weighted by Crippen LogP contribution is 2.24. The van der Waals surface area contributed by atoms with Crippen LogP contribution in [0.4, 0.5) is 17.3 Å². The molecular formula is C16H22N4O. The van der Waals surface area contributed by atoms with Crippen LogP contribution in [-0.4, -0.2) is 30.7 Å². The number of aryl methyl sites for hydroxylation is 1. The van der Waals surface area contributed by atoms with Crippen molar-refractivity contribution >= 4 is 17.3 Å². The van der Waals surface area contributed by atoms with E-state index in [0.29, 0.717) is 19.0 Å². The molecule has 1 aromatic carbocycles. The maximum atomic E-state index is 5.40. The summed E-state index contributed by atoms with van der Waals surface area (Å²) in [5.74, 6) is 2.30. The summed E-state index contributed by atoms with van der Waals surface area (Å²) in [5, 5.41) is 3.07. The van der Waals surface area contributed by atoms with Crippen molar-refractivity contribution in [3.8, 4) is 0 Å². The molecule has 0 saturated carbocycles. The lowest BCUT2D eigenvalue weighted by Gasteiger charge is -2.20. The molecule has 0 bridgehead atoms. The van der Waals surface area contributed by atoms with E-state index in [1.807, 2.05) is 32.0 Å². The van der Waals surface area contributed by atoms with E-state index in [-0.39, 0.29) is 0 Å². The third-order valence-electron chi connectivity index (χ3n) is 3.22. The van der Waals surface area contributed by atoms with Crippen molar-refractivity contribution in [1.29, 1.82) is 0 Å². The molecule has 2 aromatic rings. The van der Waals surface area contributed by atoms with E-state index in [1.54, 1.807) is 0 Å². The number of hydrogen-bond acceptors (Lipinski definition) is 5. The molecule has 0 aliphatic heterocycles. The fourth-order valence-corrected chi connectivity index (χ4v) is 1.94. The first kappa shape index (κ1) is 15.3. The SMILES string of the molecule is CCOCc1nc(NC)cc(N(C)c2ccc(C)cc2)n1. The van der Waals surface area contributed by atoms with Gasteiger partial charge in [-0.05, 0) is 26.0 Å². The molecule has 0 saturated heterocycles. The van der Waals surface area contributed by atoms with Crippen LogP contribution in [0, 0.1) is 6.92 Å². The Balaban J connectivity index is 2.30. The Bertz CT molecular complexity index is 583. The average Bonchev–Trinajstić information content (AvgIpc) is 2.52. The first-order chi connectivity index (χ1) is 10.1. The molecule has 0 amide bonds. The second-order valence-corrected chi connectivity index (χ2v) is 4.81. The third-order valence-corrected chi connectivity index (χ3v) is 3.22. The lowest BCUT2D eigenvalue weighted by atomic mass is 10.2.